The minimum Gasteiger partial charge on any atom is -0.453 e. The average Bonchev–Trinajstić information content (AvgIpc) is 4.14. The number of hydrogen-bond donors (Lipinski definition) is 4. The third kappa shape index (κ3) is 9.85. The Labute approximate surface area is 373 Å². The molecule has 15 nitrogen and oxygen atoms in total. The molecule has 64 heavy (non-hydrogen) atoms. The molecule has 7 rings (SSSR count). The number of hydrogen-bond acceptors (Lipinski definition) is 10. The van der Waals surface area contributed by atoms with Gasteiger partial charge in [0.25, 0.3) is 0 Å². The molecule has 0 spiro atoms. The lowest BCUT2D eigenvalue weighted by Gasteiger charge is -2.34. The van der Waals surface area contributed by atoms with Crippen molar-refractivity contribution in [3.05, 3.63) is 102 Å². The van der Waals surface area contributed by atoms with Crippen LogP contribution < -0.4 is 25.8 Å². The zero-order valence-corrected chi connectivity index (χ0v) is 37.3. The van der Waals surface area contributed by atoms with Gasteiger partial charge in [0, 0.05) is 36.2 Å². The number of rotatable bonds is 13. The van der Waals surface area contributed by atoms with Crippen molar-refractivity contribution in [3.63, 3.8) is 0 Å². The molecule has 0 bridgehead atoms. The van der Waals surface area contributed by atoms with Gasteiger partial charge in [-0.25, -0.2) is 19.0 Å². The van der Waals surface area contributed by atoms with Crippen molar-refractivity contribution in [3.8, 4) is 11.3 Å². The summed E-state index contributed by atoms with van der Waals surface area (Å²) in [7, 11) is 2.50. The van der Waals surface area contributed by atoms with Gasteiger partial charge < -0.3 is 39.8 Å². The first-order chi connectivity index (χ1) is 30.8. The number of nitrogens with zero attached hydrogens (tertiary/aromatic N) is 4. The lowest BCUT2D eigenvalue weighted by Crippen LogP contribution is -2.54. The van der Waals surface area contributed by atoms with E-state index in [-0.39, 0.29) is 41.7 Å². The molecule has 1 aromatic heterocycles. The third-order valence-corrected chi connectivity index (χ3v) is 12.8. The molecule has 3 fully saturated rings. The molecule has 3 aliphatic heterocycles. The predicted molar refractivity (Wildman–Crippen MR) is 240 cm³/mol. The number of nitrogens with one attached hydrogen (secondary N) is 4. The number of amides is 5. The summed E-state index contributed by atoms with van der Waals surface area (Å²) in [5.41, 5.74) is 5.64. The van der Waals surface area contributed by atoms with Crippen LogP contribution in [0.3, 0.4) is 0 Å². The highest BCUT2D eigenvalue weighted by Gasteiger charge is 2.39. The van der Waals surface area contributed by atoms with Crippen LogP contribution in [0, 0.1) is 17.7 Å². The molecule has 4 heterocycles. The van der Waals surface area contributed by atoms with Crippen molar-refractivity contribution in [2.45, 2.75) is 102 Å². The Kier molecular flexibility index (Phi) is 14.2. The zero-order valence-electron chi connectivity index (χ0n) is 37.3. The Morgan fingerprint density at radius 3 is 1.86 bits per heavy atom. The van der Waals surface area contributed by atoms with E-state index in [2.05, 4.69) is 67.0 Å². The van der Waals surface area contributed by atoms with Crippen LogP contribution >= 0.6 is 0 Å². The predicted octanol–water partition coefficient (Wildman–Crippen LogP) is 7.33. The van der Waals surface area contributed by atoms with Crippen LogP contribution in [-0.4, -0.2) is 90.2 Å². The number of alkyl carbamates (subject to hydrolysis) is 2. The number of carbonyl (C=O) groups excluding carboxylic acids is 5. The first-order valence-corrected chi connectivity index (χ1v) is 22.2. The molecular formula is C48H59FN8O7. The highest BCUT2D eigenvalue weighted by Crippen LogP contribution is 2.47. The normalized spacial score (nSPS) is 20.6. The summed E-state index contributed by atoms with van der Waals surface area (Å²) in [6, 6.07) is 20.7. The number of H-pyrrole nitrogens is 1. The van der Waals surface area contributed by atoms with E-state index in [1.165, 1.54) is 26.4 Å². The van der Waals surface area contributed by atoms with Crippen LogP contribution in [-0.2, 0) is 23.9 Å². The Morgan fingerprint density at radius 2 is 1.27 bits per heavy atom. The van der Waals surface area contributed by atoms with Crippen LogP contribution in [0.2, 0.25) is 0 Å². The maximum absolute atomic E-state index is 14.3. The molecule has 0 radical (unpaired) electrons. The van der Waals surface area contributed by atoms with Gasteiger partial charge in [-0.05, 0) is 97.9 Å². The van der Waals surface area contributed by atoms with E-state index in [0.29, 0.717) is 25.3 Å². The summed E-state index contributed by atoms with van der Waals surface area (Å²) in [6.45, 7) is 8.56. The van der Waals surface area contributed by atoms with Gasteiger partial charge in [-0.1, -0.05) is 64.1 Å². The second-order valence-corrected chi connectivity index (χ2v) is 17.5. The largest absolute Gasteiger partial charge is 0.453 e. The summed E-state index contributed by atoms with van der Waals surface area (Å²) in [5, 5.41) is 7.74. The van der Waals surface area contributed by atoms with Gasteiger partial charge in [-0.3, -0.25) is 19.7 Å². The lowest BCUT2D eigenvalue weighted by molar-refractivity contribution is -0.135. The number of imide groups is 1. The lowest BCUT2D eigenvalue weighted by atomic mass is 10.0. The summed E-state index contributed by atoms with van der Waals surface area (Å²) in [6.07, 6.45) is 5.11. The fraction of sp³-hybridized carbons (Fsp3) is 0.458. The van der Waals surface area contributed by atoms with E-state index < -0.39 is 42.1 Å². The maximum atomic E-state index is 14.3. The van der Waals surface area contributed by atoms with Gasteiger partial charge in [0.15, 0.2) is 0 Å². The Bertz CT molecular complexity index is 2280. The quantitative estimate of drug-likeness (QED) is 0.106. The molecule has 3 aromatic carbocycles. The van der Waals surface area contributed by atoms with Gasteiger partial charge in [0.05, 0.1) is 38.0 Å². The van der Waals surface area contributed by atoms with E-state index in [9.17, 15) is 28.4 Å². The second kappa shape index (κ2) is 19.9. The van der Waals surface area contributed by atoms with Crippen molar-refractivity contribution >= 4 is 41.3 Å². The molecule has 6 atom stereocenters. The number of imidazole rings is 1. The number of likely N-dealkylation sites (tertiary alicyclic amines) is 1. The molecule has 0 unspecified atom stereocenters. The number of anilines is 2. The molecule has 4 aromatic rings. The van der Waals surface area contributed by atoms with E-state index in [1.807, 2.05) is 49.2 Å². The van der Waals surface area contributed by atoms with Crippen LogP contribution in [0.5, 0.6) is 0 Å². The third-order valence-electron chi connectivity index (χ3n) is 12.8. The van der Waals surface area contributed by atoms with Gasteiger partial charge in [-0.15, -0.1) is 0 Å². The molecule has 3 saturated heterocycles. The number of aromatic amines is 1. The maximum Gasteiger partial charge on any atom is 0.407 e. The van der Waals surface area contributed by atoms with Crippen molar-refractivity contribution in [1.82, 2.24) is 30.8 Å². The standard InChI is InChI=1S/C48H59FN8O7/c1-28(2)41(52-47(61)63-5)45(59)54-44(58)40-10-8-25-55(40)34-19-15-32(16-20-34)38-24-23-37(57(38)35-21-17-33(49)18-22-35)31-13-11-30(12-14-31)36-27-50-43(51-36)39-9-7-26-56(39)46(60)42(29(3)4)53-48(62)64-6/h11-22,27-29,37-42H,7-10,23-26H2,1-6H3,(H,50,51)(H,52,61)(H,53,62)(H,54,58,59)/t37-,38-,39+,40+,41+,42+/m1/s1. The average molecular weight is 879 g/mol. The summed E-state index contributed by atoms with van der Waals surface area (Å²) in [4.78, 5) is 78.6. The Hall–Kier alpha value is -6.45. The number of halogens is 1. The van der Waals surface area contributed by atoms with Crippen LogP contribution in [0.1, 0.15) is 101 Å². The number of methoxy groups -OCH3 is 2. The number of ether oxygens (including phenoxy) is 2. The smallest absolute Gasteiger partial charge is 0.407 e. The van der Waals surface area contributed by atoms with E-state index in [0.717, 1.165) is 65.9 Å². The van der Waals surface area contributed by atoms with E-state index in [1.54, 1.807) is 18.7 Å². The second-order valence-electron chi connectivity index (χ2n) is 17.5. The number of benzene rings is 3. The van der Waals surface area contributed by atoms with Crippen LogP contribution in [0.4, 0.5) is 25.4 Å². The minimum absolute atomic E-state index is 0.00275. The van der Waals surface area contributed by atoms with Crippen molar-refractivity contribution in [2.24, 2.45) is 11.8 Å². The van der Waals surface area contributed by atoms with Crippen molar-refractivity contribution < 1.29 is 37.8 Å². The molecule has 340 valence electrons. The van der Waals surface area contributed by atoms with Gasteiger partial charge in [0.1, 0.15) is 29.8 Å². The van der Waals surface area contributed by atoms with Gasteiger partial charge >= 0.3 is 12.2 Å². The fourth-order valence-electron chi connectivity index (χ4n) is 9.40. The topological polar surface area (TPSA) is 178 Å². The van der Waals surface area contributed by atoms with E-state index in [4.69, 9.17) is 9.72 Å². The molecule has 3 aliphatic rings. The Morgan fingerprint density at radius 1 is 0.703 bits per heavy atom. The summed E-state index contributed by atoms with van der Waals surface area (Å²) in [5.74, 6) is -1.17. The van der Waals surface area contributed by atoms with Gasteiger partial charge in [0.2, 0.25) is 17.7 Å². The zero-order chi connectivity index (χ0) is 45.7. The highest BCUT2D eigenvalue weighted by molar-refractivity contribution is 6.02. The molecule has 0 saturated carbocycles. The molecule has 5 amide bonds. The Balaban J connectivity index is 1.06. The summed E-state index contributed by atoms with van der Waals surface area (Å²) >= 11 is 0. The first kappa shape index (κ1) is 45.6. The van der Waals surface area contributed by atoms with Crippen LogP contribution in [0.15, 0.2) is 79.0 Å². The van der Waals surface area contributed by atoms with Crippen LogP contribution in [0.25, 0.3) is 11.3 Å². The van der Waals surface area contributed by atoms with E-state index >= 15 is 0 Å². The van der Waals surface area contributed by atoms with Crippen molar-refractivity contribution in [2.75, 3.05) is 37.1 Å². The highest BCUT2D eigenvalue weighted by atomic mass is 19.1. The van der Waals surface area contributed by atoms with Crippen molar-refractivity contribution in [1.29, 1.82) is 0 Å². The molecule has 0 aliphatic carbocycles. The number of carbonyl (C=O) groups is 5. The SMILES string of the molecule is COC(=O)N[C@H](C(=O)NC(=O)[C@@H]1CCCN1c1ccc([C@H]2CC[C@H](c3ccc(-c4c[nH]c([C@@H]5CCCN5C(=O)[C@@H](NC(=O)OC)C(C)C)n4)cc3)N2c2ccc(F)cc2)cc1)C(C)C. The minimum atomic E-state index is -0.927. The fourth-order valence-corrected chi connectivity index (χ4v) is 9.40. The molecule has 16 heteroatoms. The number of aromatic nitrogens is 2. The molecule has 4 N–H and O–H groups in total. The molecular weight excluding hydrogens is 820 g/mol. The summed E-state index contributed by atoms with van der Waals surface area (Å²) < 4.78 is 23.7. The first-order valence-electron chi connectivity index (χ1n) is 22.2. The monoisotopic (exact) mass is 878 g/mol. The van der Waals surface area contributed by atoms with Gasteiger partial charge in [-0.2, -0.15) is 0 Å².